The van der Waals surface area contributed by atoms with Crippen molar-refractivity contribution in [3.05, 3.63) is 45.9 Å². The largest absolute Gasteiger partial charge is 0.496 e. The van der Waals surface area contributed by atoms with Crippen LogP contribution in [0.15, 0.2) is 29.7 Å². The van der Waals surface area contributed by atoms with Gasteiger partial charge in [0.25, 0.3) is 0 Å². The lowest BCUT2D eigenvalue weighted by atomic mass is 9.84. The molecule has 30 heavy (non-hydrogen) atoms. The molecular weight excluding hydrogens is 394 g/mol. The standard InChI is InChI=1S/C23H31N5OS/c1-7-28-26-21(25-27-28)18-10-11-20(29-6)17(13-18)9-8-12-23(4,5)14-19-15-30-22(24-19)16(2)3/h8-11,13,15-16H,7,12,14H2,1-6H3/b9-8+. The molecule has 0 aliphatic carbocycles. The van der Waals surface area contributed by atoms with Gasteiger partial charge in [-0.3, -0.25) is 0 Å². The van der Waals surface area contributed by atoms with Crippen LogP contribution in [0, 0.1) is 5.41 Å². The fourth-order valence-corrected chi connectivity index (χ4v) is 4.07. The summed E-state index contributed by atoms with van der Waals surface area (Å²) in [5.74, 6) is 1.94. The predicted octanol–water partition coefficient (Wildman–Crippen LogP) is 5.62. The molecule has 0 unspecified atom stereocenters. The molecule has 2 heterocycles. The summed E-state index contributed by atoms with van der Waals surface area (Å²) in [6, 6.07) is 5.97. The third-order valence-corrected chi connectivity index (χ3v) is 6.11. The van der Waals surface area contributed by atoms with Crippen LogP contribution in [0.4, 0.5) is 0 Å². The van der Waals surface area contributed by atoms with Gasteiger partial charge >= 0.3 is 0 Å². The van der Waals surface area contributed by atoms with Crippen LogP contribution in [0.25, 0.3) is 17.5 Å². The van der Waals surface area contributed by atoms with E-state index in [0.29, 0.717) is 18.3 Å². The molecule has 0 atom stereocenters. The van der Waals surface area contributed by atoms with Gasteiger partial charge in [-0.25, -0.2) is 4.98 Å². The second-order valence-corrected chi connectivity index (χ2v) is 9.43. The zero-order valence-electron chi connectivity index (χ0n) is 18.7. The minimum atomic E-state index is 0.120. The lowest BCUT2D eigenvalue weighted by molar-refractivity contribution is 0.365. The van der Waals surface area contributed by atoms with Crippen molar-refractivity contribution in [1.82, 2.24) is 25.2 Å². The van der Waals surface area contributed by atoms with Crippen molar-refractivity contribution < 1.29 is 4.74 Å². The van der Waals surface area contributed by atoms with Gasteiger partial charge in [-0.05, 0) is 48.6 Å². The van der Waals surface area contributed by atoms with Gasteiger partial charge < -0.3 is 4.74 Å². The summed E-state index contributed by atoms with van der Waals surface area (Å²) < 4.78 is 5.54. The van der Waals surface area contributed by atoms with Crippen LogP contribution in [0.3, 0.4) is 0 Å². The van der Waals surface area contributed by atoms with Gasteiger partial charge in [-0.15, -0.1) is 21.5 Å². The molecule has 0 fully saturated rings. The number of hydrogen-bond donors (Lipinski definition) is 0. The van der Waals surface area contributed by atoms with Gasteiger partial charge in [0.05, 0.1) is 24.4 Å². The maximum Gasteiger partial charge on any atom is 0.204 e. The summed E-state index contributed by atoms with van der Waals surface area (Å²) in [4.78, 5) is 6.38. The lowest BCUT2D eigenvalue weighted by Crippen LogP contribution is -2.14. The number of nitrogens with zero attached hydrogens (tertiary/aromatic N) is 5. The van der Waals surface area contributed by atoms with Gasteiger partial charge in [0.1, 0.15) is 5.75 Å². The van der Waals surface area contributed by atoms with E-state index in [0.717, 1.165) is 29.7 Å². The van der Waals surface area contributed by atoms with Crippen LogP contribution in [-0.2, 0) is 13.0 Å². The van der Waals surface area contributed by atoms with Crippen LogP contribution < -0.4 is 4.74 Å². The highest BCUT2D eigenvalue weighted by Crippen LogP contribution is 2.30. The topological polar surface area (TPSA) is 65.7 Å². The normalized spacial score (nSPS) is 12.2. The van der Waals surface area contributed by atoms with Crippen molar-refractivity contribution in [3.63, 3.8) is 0 Å². The van der Waals surface area contributed by atoms with Crippen LogP contribution in [0.1, 0.15) is 63.2 Å². The fraction of sp³-hybridized carbons (Fsp3) is 0.478. The zero-order chi connectivity index (χ0) is 21.7. The second kappa shape index (κ2) is 9.51. The Hall–Kier alpha value is -2.54. The molecule has 1 aromatic carbocycles. The summed E-state index contributed by atoms with van der Waals surface area (Å²) >= 11 is 1.76. The molecule has 3 aromatic rings. The Kier molecular flexibility index (Phi) is 7.02. The highest BCUT2D eigenvalue weighted by Gasteiger charge is 2.19. The molecule has 0 saturated heterocycles. The monoisotopic (exact) mass is 425 g/mol. The zero-order valence-corrected chi connectivity index (χ0v) is 19.5. The minimum absolute atomic E-state index is 0.120. The number of tetrazole rings is 1. The van der Waals surface area contributed by atoms with E-state index in [1.165, 1.54) is 10.7 Å². The molecule has 0 aliphatic heterocycles. The number of benzene rings is 1. The highest BCUT2D eigenvalue weighted by atomic mass is 32.1. The molecule has 0 bridgehead atoms. The smallest absolute Gasteiger partial charge is 0.204 e. The van der Waals surface area contributed by atoms with Crippen LogP contribution in [0.2, 0.25) is 0 Å². The van der Waals surface area contributed by atoms with Gasteiger partial charge in [0, 0.05) is 22.4 Å². The molecule has 6 nitrogen and oxygen atoms in total. The number of aryl methyl sites for hydroxylation is 1. The Bertz CT molecular complexity index is 1000. The van der Waals surface area contributed by atoms with E-state index < -0.39 is 0 Å². The van der Waals surface area contributed by atoms with Crippen molar-refractivity contribution >= 4 is 17.4 Å². The first-order valence-electron chi connectivity index (χ1n) is 10.4. The molecule has 0 N–H and O–H groups in total. The highest BCUT2D eigenvalue weighted by molar-refractivity contribution is 7.09. The minimum Gasteiger partial charge on any atom is -0.496 e. The average molecular weight is 426 g/mol. The van der Waals surface area contributed by atoms with E-state index in [9.17, 15) is 0 Å². The second-order valence-electron chi connectivity index (χ2n) is 8.54. The van der Waals surface area contributed by atoms with Crippen molar-refractivity contribution in [2.75, 3.05) is 7.11 Å². The number of rotatable bonds is 9. The summed E-state index contributed by atoms with van der Waals surface area (Å²) in [6.45, 7) is 11.6. The number of hydrogen-bond acceptors (Lipinski definition) is 6. The van der Waals surface area contributed by atoms with Crippen LogP contribution in [0.5, 0.6) is 5.75 Å². The molecule has 0 spiro atoms. The summed E-state index contributed by atoms with van der Waals surface area (Å²) in [6.07, 6.45) is 6.24. The van der Waals surface area contributed by atoms with Crippen molar-refractivity contribution in [1.29, 1.82) is 0 Å². The van der Waals surface area contributed by atoms with Crippen molar-refractivity contribution in [2.24, 2.45) is 5.41 Å². The Morgan fingerprint density at radius 3 is 2.70 bits per heavy atom. The molecular formula is C23H31N5OS. The van der Waals surface area contributed by atoms with E-state index in [1.807, 2.05) is 19.1 Å². The third kappa shape index (κ3) is 5.53. The molecule has 3 rings (SSSR count). The van der Waals surface area contributed by atoms with E-state index in [-0.39, 0.29) is 5.41 Å². The van der Waals surface area contributed by atoms with Crippen LogP contribution in [-0.4, -0.2) is 32.3 Å². The van der Waals surface area contributed by atoms with Crippen molar-refractivity contribution in [2.45, 2.75) is 59.9 Å². The number of aromatic nitrogens is 5. The Morgan fingerprint density at radius 1 is 1.27 bits per heavy atom. The first-order valence-corrected chi connectivity index (χ1v) is 11.3. The SMILES string of the molecule is CCn1nnc(-c2ccc(OC)c(/C=C/CC(C)(C)Cc3csc(C(C)C)n3)c2)n1. The first kappa shape index (κ1) is 22.2. The third-order valence-electron chi connectivity index (χ3n) is 4.91. The Balaban J connectivity index is 1.72. The summed E-state index contributed by atoms with van der Waals surface area (Å²) in [7, 11) is 1.69. The number of methoxy groups -OCH3 is 1. The maximum absolute atomic E-state index is 5.54. The molecule has 2 aromatic heterocycles. The number of thiazole rings is 1. The number of ether oxygens (including phenoxy) is 1. The number of allylic oxidation sites excluding steroid dienone is 1. The molecule has 7 heteroatoms. The molecule has 0 amide bonds. The maximum atomic E-state index is 5.54. The molecule has 0 radical (unpaired) electrons. The van der Waals surface area contributed by atoms with Crippen molar-refractivity contribution in [3.8, 4) is 17.1 Å². The van der Waals surface area contributed by atoms with Gasteiger partial charge in [0.15, 0.2) is 0 Å². The van der Waals surface area contributed by atoms with E-state index in [2.05, 4.69) is 66.7 Å². The van der Waals surface area contributed by atoms with E-state index >= 15 is 0 Å². The lowest BCUT2D eigenvalue weighted by Gasteiger charge is -2.21. The molecule has 0 saturated carbocycles. The van der Waals surface area contributed by atoms with Gasteiger partial charge in [0.2, 0.25) is 5.82 Å². The quantitative estimate of drug-likeness (QED) is 0.445. The summed E-state index contributed by atoms with van der Waals surface area (Å²) in [5.41, 5.74) is 3.24. The Morgan fingerprint density at radius 2 is 2.07 bits per heavy atom. The fourth-order valence-electron chi connectivity index (χ4n) is 3.23. The van der Waals surface area contributed by atoms with Crippen LogP contribution >= 0.6 is 11.3 Å². The first-order chi connectivity index (χ1) is 14.3. The van der Waals surface area contributed by atoms with E-state index in [1.54, 1.807) is 23.2 Å². The summed E-state index contributed by atoms with van der Waals surface area (Å²) in [5, 5.41) is 16.0. The predicted molar refractivity (Wildman–Crippen MR) is 123 cm³/mol. The van der Waals surface area contributed by atoms with E-state index in [4.69, 9.17) is 9.72 Å². The van der Waals surface area contributed by atoms with Gasteiger partial charge in [-0.1, -0.05) is 39.8 Å². The molecule has 160 valence electrons. The Labute approximate surface area is 183 Å². The molecule has 0 aliphatic rings. The van der Waals surface area contributed by atoms with Gasteiger partial charge in [-0.2, -0.15) is 4.80 Å². The average Bonchev–Trinajstić information content (AvgIpc) is 3.37.